The second kappa shape index (κ2) is 7.86. The average Bonchev–Trinajstić information content (AvgIpc) is 3.18. The van der Waals surface area contributed by atoms with Gasteiger partial charge in [-0.3, -0.25) is 9.78 Å². The molecule has 1 amide bonds. The number of rotatable bonds is 5. The van der Waals surface area contributed by atoms with Crippen molar-refractivity contribution in [2.75, 3.05) is 18.0 Å². The molecule has 1 unspecified atom stereocenters. The summed E-state index contributed by atoms with van der Waals surface area (Å²) in [5.74, 6) is -0.0257. The van der Waals surface area contributed by atoms with Gasteiger partial charge in [0.15, 0.2) is 0 Å². The van der Waals surface area contributed by atoms with Crippen LogP contribution in [0, 0.1) is 0 Å². The standard InChI is InChI=1S/C21H19ClN4O2/c22-18-2-1-8-25-21(18)28-16-7-11-26(13-16)19-4-3-15(12-17(19)20(23)27)14-5-9-24-10-6-14/h1-6,8-10,12,16H,7,11,13H2,(H2,23,27). The lowest BCUT2D eigenvalue weighted by molar-refractivity contribution is 0.100. The van der Waals surface area contributed by atoms with E-state index in [0.717, 1.165) is 29.8 Å². The molecule has 1 saturated heterocycles. The van der Waals surface area contributed by atoms with Crippen molar-refractivity contribution in [2.45, 2.75) is 12.5 Å². The zero-order chi connectivity index (χ0) is 19.5. The third-order valence-electron chi connectivity index (χ3n) is 4.76. The summed E-state index contributed by atoms with van der Waals surface area (Å²) < 4.78 is 5.94. The Morgan fingerprint density at radius 2 is 1.96 bits per heavy atom. The number of nitrogens with zero attached hydrogens (tertiary/aromatic N) is 3. The molecule has 0 radical (unpaired) electrons. The maximum absolute atomic E-state index is 12.1. The van der Waals surface area contributed by atoms with Crippen molar-refractivity contribution in [2.24, 2.45) is 5.73 Å². The SMILES string of the molecule is NC(=O)c1cc(-c2ccncc2)ccc1N1CCC(Oc2ncccc2Cl)C1. The fourth-order valence-corrected chi connectivity index (χ4v) is 3.56. The Morgan fingerprint density at radius 3 is 2.71 bits per heavy atom. The number of benzene rings is 1. The molecule has 28 heavy (non-hydrogen) atoms. The van der Waals surface area contributed by atoms with E-state index in [-0.39, 0.29) is 6.10 Å². The molecular formula is C21H19ClN4O2. The number of halogens is 1. The molecule has 3 heterocycles. The zero-order valence-corrected chi connectivity index (χ0v) is 15.8. The second-order valence-electron chi connectivity index (χ2n) is 6.60. The molecule has 142 valence electrons. The van der Waals surface area contributed by atoms with Crippen LogP contribution < -0.4 is 15.4 Å². The Hall–Kier alpha value is -3.12. The third kappa shape index (κ3) is 3.77. The fourth-order valence-electron chi connectivity index (χ4n) is 3.39. The van der Waals surface area contributed by atoms with Crippen LogP contribution in [-0.4, -0.2) is 35.1 Å². The molecule has 0 aliphatic carbocycles. The van der Waals surface area contributed by atoms with E-state index in [4.69, 9.17) is 22.1 Å². The van der Waals surface area contributed by atoms with Crippen LogP contribution in [0.4, 0.5) is 5.69 Å². The summed E-state index contributed by atoms with van der Waals surface area (Å²) in [6.07, 6.45) is 5.83. The van der Waals surface area contributed by atoms with E-state index in [1.54, 1.807) is 30.7 Å². The number of hydrogen-bond donors (Lipinski definition) is 1. The topological polar surface area (TPSA) is 81.3 Å². The van der Waals surface area contributed by atoms with Crippen LogP contribution >= 0.6 is 11.6 Å². The molecule has 0 bridgehead atoms. The summed E-state index contributed by atoms with van der Waals surface area (Å²) in [5.41, 5.74) is 8.88. The number of nitrogens with two attached hydrogens (primary N) is 1. The lowest BCUT2D eigenvalue weighted by Crippen LogP contribution is -2.27. The monoisotopic (exact) mass is 394 g/mol. The molecule has 1 aliphatic heterocycles. The molecular weight excluding hydrogens is 376 g/mol. The zero-order valence-electron chi connectivity index (χ0n) is 15.1. The van der Waals surface area contributed by atoms with E-state index in [9.17, 15) is 4.79 Å². The van der Waals surface area contributed by atoms with E-state index >= 15 is 0 Å². The first-order chi connectivity index (χ1) is 13.6. The average molecular weight is 395 g/mol. The minimum absolute atomic E-state index is 0.0620. The minimum Gasteiger partial charge on any atom is -0.471 e. The molecule has 1 aliphatic rings. The van der Waals surface area contributed by atoms with Crippen molar-refractivity contribution in [3.63, 3.8) is 0 Å². The summed E-state index contributed by atoms with van der Waals surface area (Å²) in [6.45, 7) is 1.38. The van der Waals surface area contributed by atoms with E-state index in [0.29, 0.717) is 23.0 Å². The highest BCUT2D eigenvalue weighted by Gasteiger charge is 2.27. The van der Waals surface area contributed by atoms with Gasteiger partial charge in [0.1, 0.15) is 11.1 Å². The number of carbonyl (C=O) groups excluding carboxylic acids is 1. The van der Waals surface area contributed by atoms with Crippen LogP contribution in [0.25, 0.3) is 11.1 Å². The number of hydrogen-bond acceptors (Lipinski definition) is 5. The highest BCUT2D eigenvalue weighted by atomic mass is 35.5. The number of primary amides is 1. The predicted molar refractivity (Wildman–Crippen MR) is 109 cm³/mol. The normalized spacial score (nSPS) is 16.2. The lowest BCUT2D eigenvalue weighted by atomic mass is 10.0. The van der Waals surface area contributed by atoms with Gasteiger partial charge in [-0.1, -0.05) is 17.7 Å². The third-order valence-corrected chi connectivity index (χ3v) is 5.05. The van der Waals surface area contributed by atoms with E-state index in [2.05, 4.69) is 14.9 Å². The Morgan fingerprint density at radius 1 is 1.14 bits per heavy atom. The molecule has 7 heteroatoms. The van der Waals surface area contributed by atoms with Crippen molar-refractivity contribution < 1.29 is 9.53 Å². The van der Waals surface area contributed by atoms with Crippen LogP contribution in [0.15, 0.2) is 61.1 Å². The van der Waals surface area contributed by atoms with Gasteiger partial charge < -0.3 is 15.4 Å². The second-order valence-corrected chi connectivity index (χ2v) is 7.00. The number of ether oxygens (including phenoxy) is 1. The first kappa shape index (κ1) is 18.3. The summed E-state index contributed by atoms with van der Waals surface area (Å²) in [5, 5.41) is 0.487. The van der Waals surface area contributed by atoms with Crippen molar-refractivity contribution >= 4 is 23.2 Å². The Balaban J connectivity index is 1.56. The van der Waals surface area contributed by atoms with Gasteiger partial charge in [0, 0.05) is 37.2 Å². The van der Waals surface area contributed by atoms with Gasteiger partial charge >= 0.3 is 0 Å². The van der Waals surface area contributed by atoms with Gasteiger partial charge in [-0.2, -0.15) is 0 Å². The summed E-state index contributed by atoms with van der Waals surface area (Å²) in [7, 11) is 0. The number of pyridine rings is 2. The molecule has 1 fully saturated rings. The fraction of sp³-hybridized carbons (Fsp3) is 0.190. The number of aromatic nitrogens is 2. The maximum Gasteiger partial charge on any atom is 0.250 e. The molecule has 1 aromatic carbocycles. The van der Waals surface area contributed by atoms with Crippen LogP contribution in [0.5, 0.6) is 5.88 Å². The first-order valence-electron chi connectivity index (χ1n) is 8.98. The van der Waals surface area contributed by atoms with E-state index in [1.807, 2.05) is 30.3 Å². The number of amides is 1. The van der Waals surface area contributed by atoms with Gasteiger partial charge in [0.25, 0.3) is 5.91 Å². The molecule has 2 N–H and O–H groups in total. The van der Waals surface area contributed by atoms with Gasteiger partial charge in [-0.25, -0.2) is 4.98 Å². The van der Waals surface area contributed by atoms with Crippen molar-refractivity contribution in [3.8, 4) is 17.0 Å². The molecule has 0 spiro atoms. The van der Waals surface area contributed by atoms with Gasteiger partial charge in [-0.05, 0) is 47.5 Å². The van der Waals surface area contributed by atoms with Crippen molar-refractivity contribution in [1.82, 2.24) is 9.97 Å². The highest BCUT2D eigenvalue weighted by Crippen LogP contribution is 2.31. The maximum atomic E-state index is 12.1. The molecule has 4 rings (SSSR count). The van der Waals surface area contributed by atoms with Crippen LogP contribution in [0.1, 0.15) is 16.8 Å². The van der Waals surface area contributed by atoms with Gasteiger partial charge in [-0.15, -0.1) is 0 Å². The first-order valence-corrected chi connectivity index (χ1v) is 9.36. The largest absolute Gasteiger partial charge is 0.471 e. The van der Waals surface area contributed by atoms with Crippen molar-refractivity contribution in [1.29, 1.82) is 0 Å². The van der Waals surface area contributed by atoms with Crippen LogP contribution in [0.2, 0.25) is 5.02 Å². The van der Waals surface area contributed by atoms with E-state index < -0.39 is 5.91 Å². The Labute approximate surface area is 167 Å². The Bertz CT molecular complexity index is 997. The molecule has 2 aromatic heterocycles. The molecule has 6 nitrogen and oxygen atoms in total. The molecule has 0 saturated carbocycles. The highest BCUT2D eigenvalue weighted by molar-refractivity contribution is 6.31. The summed E-state index contributed by atoms with van der Waals surface area (Å²) >= 11 is 6.13. The molecule has 1 atom stereocenters. The number of carbonyl (C=O) groups is 1. The van der Waals surface area contributed by atoms with Crippen LogP contribution in [-0.2, 0) is 0 Å². The minimum atomic E-state index is -0.456. The summed E-state index contributed by atoms with van der Waals surface area (Å²) in [6, 6.07) is 13.1. The van der Waals surface area contributed by atoms with Crippen LogP contribution in [0.3, 0.4) is 0 Å². The van der Waals surface area contributed by atoms with E-state index in [1.165, 1.54) is 0 Å². The Kier molecular flexibility index (Phi) is 5.12. The number of anilines is 1. The predicted octanol–water partition coefficient (Wildman–Crippen LogP) is 3.55. The lowest BCUT2D eigenvalue weighted by Gasteiger charge is -2.22. The summed E-state index contributed by atoms with van der Waals surface area (Å²) in [4.78, 5) is 22.4. The van der Waals surface area contributed by atoms with Gasteiger partial charge in [0.05, 0.1) is 12.1 Å². The van der Waals surface area contributed by atoms with Gasteiger partial charge in [0.2, 0.25) is 5.88 Å². The smallest absolute Gasteiger partial charge is 0.250 e. The van der Waals surface area contributed by atoms with Crippen molar-refractivity contribution in [3.05, 3.63) is 71.6 Å². The molecule has 3 aromatic rings. The quantitative estimate of drug-likeness (QED) is 0.715.